The summed E-state index contributed by atoms with van der Waals surface area (Å²) >= 11 is 0. The molecule has 0 saturated heterocycles. The van der Waals surface area contributed by atoms with Crippen molar-refractivity contribution >= 4 is 5.91 Å². The lowest BCUT2D eigenvalue weighted by Gasteiger charge is -2.18. The number of aromatic nitrogens is 2. The molecule has 0 fully saturated rings. The zero-order valence-corrected chi connectivity index (χ0v) is 11.9. The highest BCUT2D eigenvalue weighted by molar-refractivity contribution is 5.92. The fraction of sp³-hybridized carbons (Fsp3) is 0.312. The Morgan fingerprint density at radius 2 is 2.19 bits per heavy atom. The summed E-state index contributed by atoms with van der Waals surface area (Å²) in [5.41, 5.74) is 1.42. The highest BCUT2D eigenvalue weighted by Gasteiger charge is 2.22. The molecule has 0 saturated carbocycles. The Morgan fingerprint density at radius 3 is 3.05 bits per heavy atom. The summed E-state index contributed by atoms with van der Waals surface area (Å²) in [6.07, 6.45) is 3.36. The number of para-hydroxylation sites is 1. The van der Waals surface area contributed by atoms with Gasteiger partial charge in [0.1, 0.15) is 17.3 Å². The maximum Gasteiger partial charge on any atom is 0.270 e. The summed E-state index contributed by atoms with van der Waals surface area (Å²) in [5, 5.41) is 3.05. The Hall–Kier alpha value is -2.43. The van der Waals surface area contributed by atoms with E-state index in [9.17, 15) is 4.79 Å². The van der Waals surface area contributed by atoms with Gasteiger partial charge < -0.3 is 10.1 Å². The van der Waals surface area contributed by atoms with Gasteiger partial charge in [0.25, 0.3) is 5.91 Å². The smallest absolute Gasteiger partial charge is 0.270 e. The summed E-state index contributed by atoms with van der Waals surface area (Å²) in [6.45, 7) is 2.45. The van der Waals surface area contributed by atoms with Gasteiger partial charge in [0.05, 0.1) is 12.6 Å². The predicted molar refractivity (Wildman–Crippen MR) is 78.1 cm³/mol. The molecule has 21 heavy (non-hydrogen) atoms. The first-order valence-electron chi connectivity index (χ1n) is 7.06. The van der Waals surface area contributed by atoms with Gasteiger partial charge in [-0.05, 0) is 31.9 Å². The minimum absolute atomic E-state index is 0.0496. The van der Waals surface area contributed by atoms with Crippen molar-refractivity contribution in [1.82, 2.24) is 15.3 Å². The van der Waals surface area contributed by atoms with Gasteiger partial charge in [-0.15, -0.1) is 0 Å². The first-order valence-corrected chi connectivity index (χ1v) is 7.06. The number of fused-ring (bicyclic) bond motifs is 1. The van der Waals surface area contributed by atoms with Crippen LogP contribution in [0.25, 0.3) is 0 Å². The highest BCUT2D eigenvalue weighted by Crippen LogP contribution is 2.31. The fourth-order valence-electron chi connectivity index (χ4n) is 2.49. The van der Waals surface area contributed by atoms with Crippen molar-refractivity contribution in [2.45, 2.75) is 25.8 Å². The van der Waals surface area contributed by atoms with Crippen LogP contribution < -0.4 is 10.1 Å². The van der Waals surface area contributed by atoms with E-state index in [4.69, 9.17) is 4.74 Å². The third-order valence-corrected chi connectivity index (χ3v) is 3.50. The summed E-state index contributed by atoms with van der Waals surface area (Å²) in [6, 6.07) is 9.41. The van der Waals surface area contributed by atoms with Crippen molar-refractivity contribution in [2.75, 3.05) is 6.61 Å². The molecule has 1 amide bonds. The SMILES string of the molecule is Cc1nccc(C(=O)NC2CCCOc3ccccc32)n1. The molecule has 1 atom stereocenters. The fourth-order valence-corrected chi connectivity index (χ4v) is 2.49. The number of hydrogen-bond donors (Lipinski definition) is 1. The van der Waals surface area contributed by atoms with Gasteiger partial charge in [-0.3, -0.25) is 4.79 Å². The van der Waals surface area contributed by atoms with Crippen LogP contribution in [0.1, 0.15) is 40.8 Å². The predicted octanol–water partition coefficient (Wildman–Crippen LogP) is 2.43. The van der Waals surface area contributed by atoms with Crippen molar-refractivity contribution in [3.63, 3.8) is 0 Å². The van der Waals surface area contributed by atoms with Gasteiger partial charge >= 0.3 is 0 Å². The van der Waals surface area contributed by atoms with E-state index >= 15 is 0 Å². The van der Waals surface area contributed by atoms with Crippen LogP contribution >= 0.6 is 0 Å². The van der Waals surface area contributed by atoms with Crippen LogP contribution in [0.5, 0.6) is 5.75 Å². The Bertz CT molecular complexity index is 657. The molecular weight excluding hydrogens is 266 g/mol. The van der Waals surface area contributed by atoms with E-state index in [2.05, 4.69) is 15.3 Å². The van der Waals surface area contributed by atoms with Crippen LogP contribution in [-0.4, -0.2) is 22.5 Å². The van der Waals surface area contributed by atoms with Gasteiger partial charge in [-0.1, -0.05) is 18.2 Å². The quantitative estimate of drug-likeness (QED) is 0.919. The van der Waals surface area contributed by atoms with Gasteiger partial charge in [-0.25, -0.2) is 9.97 Å². The van der Waals surface area contributed by atoms with Crippen molar-refractivity contribution in [1.29, 1.82) is 0 Å². The van der Waals surface area contributed by atoms with Gasteiger partial charge in [0.15, 0.2) is 0 Å². The molecule has 2 heterocycles. The number of rotatable bonds is 2. The summed E-state index contributed by atoms with van der Waals surface area (Å²) in [5.74, 6) is 1.26. The third-order valence-electron chi connectivity index (χ3n) is 3.50. The number of amides is 1. The zero-order chi connectivity index (χ0) is 14.7. The first kappa shape index (κ1) is 13.5. The molecule has 5 heteroatoms. The van der Waals surface area contributed by atoms with Crippen molar-refractivity contribution in [3.8, 4) is 5.75 Å². The molecule has 1 N–H and O–H groups in total. The number of carbonyl (C=O) groups is 1. The Balaban J connectivity index is 1.83. The molecule has 0 aliphatic carbocycles. The van der Waals surface area contributed by atoms with Gasteiger partial charge in [0.2, 0.25) is 0 Å². The monoisotopic (exact) mass is 283 g/mol. The lowest BCUT2D eigenvalue weighted by molar-refractivity contribution is 0.0929. The van der Waals surface area contributed by atoms with Crippen LogP contribution in [0.15, 0.2) is 36.5 Å². The molecule has 0 spiro atoms. The van der Waals surface area contributed by atoms with E-state index in [0.717, 1.165) is 24.2 Å². The number of ether oxygens (including phenoxy) is 1. The normalized spacial score (nSPS) is 17.3. The molecule has 1 aromatic carbocycles. The first-order chi connectivity index (χ1) is 10.2. The maximum atomic E-state index is 12.3. The number of aryl methyl sites for hydroxylation is 1. The van der Waals surface area contributed by atoms with Crippen molar-refractivity contribution in [2.24, 2.45) is 0 Å². The maximum absolute atomic E-state index is 12.3. The van der Waals surface area contributed by atoms with E-state index < -0.39 is 0 Å². The number of benzene rings is 1. The average Bonchev–Trinajstić information content (AvgIpc) is 2.70. The van der Waals surface area contributed by atoms with E-state index in [1.165, 1.54) is 0 Å². The molecule has 1 aliphatic rings. The van der Waals surface area contributed by atoms with E-state index in [1.54, 1.807) is 19.2 Å². The van der Waals surface area contributed by atoms with Crippen LogP contribution in [0.2, 0.25) is 0 Å². The Kier molecular flexibility index (Phi) is 3.81. The Labute approximate surface area is 123 Å². The molecule has 1 aromatic heterocycles. The highest BCUT2D eigenvalue weighted by atomic mass is 16.5. The minimum Gasteiger partial charge on any atom is -0.493 e. The number of nitrogens with one attached hydrogen (secondary N) is 1. The molecule has 1 aliphatic heterocycles. The largest absolute Gasteiger partial charge is 0.493 e. The second-order valence-electron chi connectivity index (χ2n) is 5.04. The lowest BCUT2D eigenvalue weighted by atomic mass is 10.0. The van der Waals surface area contributed by atoms with E-state index in [-0.39, 0.29) is 11.9 Å². The third kappa shape index (κ3) is 3.02. The molecule has 3 rings (SSSR count). The lowest BCUT2D eigenvalue weighted by Crippen LogP contribution is -2.29. The molecule has 5 nitrogen and oxygen atoms in total. The van der Waals surface area contributed by atoms with Crippen LogP contribution in [0.4, 0.5) is 0 Å². The topological polar surface area (TPSA) is 64.1 Å². The second-order valence-corrected chi connectivity index (χ2v) is 5.04. The standard InChI is InChI=1S/C16H17N3O2/c1-11-17-9-8-14(18-11)16(20)19-13-6-4-10-21-15-7-3-2-5-12(13)15/h2-3,5,7-9,13H,4,6,10H2,1H3,(H,19,20). The summed E-state index contributed by atoms with van der Waals surface area (Å²) in [4.78, 5) is 20.5. The number of carbonyl (C=O) groups excluding carboxylic acids is 1. The molecule has 1 unspecified atom stereocenters. The Morgan fingerprint density at radius 1 is 1.33 bits per heavy atom. The molecule has 2 aromatic rings. The van der Waals surface area contributed by atoms with E-state index in [0.29, 0.717) is 18.1 Å². The van der Waals surface area contributed by atoms with Crippen LogP contribution in [0.3, 0.4) is 0 Å². The van der Waals surface area contributed by atoms with Crippen molar-refractivity contribution < 1.29 is 9.53 Å². The number of nitrogens with zero attached hydrogens (tertiary/aromatic N) is 2. The summed E-state index contributed by atoms with van der Waals surface area (Å²) < 4.78 is 5.71. The van der Waals surface area contributed by atoms with Gasteiger partial charge in [-0.2, -0.15) is 0 Å². The van der Waals surface area contributed by atoms with Crippen LogP contribution in [0, 0.1) is 6.92 Å². The molecular formula is C16H17N3O2. The summed E-state index contributed by atoms with van der Waals surface area (Å²) in [7, 11) is 0. The average molecular weight is 283 g/mol. The van der Waals surface area contributed by atoms with Crippen molar-refractivity contribution in [3.05, 3.63) is 53.6 Å². The van der Waals surface area contributed by atoms with Gasteiger partial charge in [0, 0.05) is 11.8 Å². The second kappa shape index (κ2) is 5.91. The zero-order valence-electron chi connectivity index (χ0n) is 11.9. The van der Waals surface area contributed by atoms with Crippen LogP contribution in [-0.2, 0) is 0 Å². The molecule has 108 valence electrons. The minimum atomic E-state index is -0.179. The molecule has 0 radical (unpaired) electrons. The van der Waals surface area contributed by atoms with E-state index in [1.807, 2.05) is 24.3 Å². The number of hydrogen-bond acceptors (Lipinski definition) is 4. The molecule has 0 bridgehead atoms.